The third-order valence-corrected chi connectivity index (χ3v) is 7.17. The molecular formula is C11H10F9IO3S. The standard InChI is InChI=1S/C11H10F9IO3S/c12-8(13,6-4-1-2-5(3-4)7(6)21)9(14,15)24-10(16,17)11(18,19)25(20,22)23/h4-7H,1-3H2. The van der Waals surface area contributed by atoms with E-state index in [-0.39, 0.29) is 18.8 Å². The third-order valence-electron chi connectivity index (χ3n) is 4.52. The lowest BCUT2D eigenvalue weighted by atomic mass is 9.83. The second-order valence-electron chi connectivity index (χ2n) is 6.02. The van der Waals surface area contributed by atoms with Gasteiger partial charge >= 0.3 is 33.6 Å². The van der Waals surface area contributed by atoms with Crippen molar-refractivity contribution in [2.45, 2.75) is 46.6 Å². The van der Waals surface area contributed by atoms with Crippen molar-refractivity contribution in [3.63, 3.8) is 0 Å². The van der Waals surface area contributed by atoms with Gasteiger partial charge in [0, 0.05) is 9.84 Å². The molecule has 4 unspecified atom stereocenters. The Bertz CT molecular complexity index is 637. The molecule has 0 amide bonds. The Kier molecular flexibility index (Phi) is 5.12. The van der Waals surface area contributed by atoms with Gasteiger partial charge in [-0.3, -0.25) is 0 Å². The van der Waals surface area contributed by atoms with Crippen LogP contribution in [0.15, 0.2) is 0 Å². The maximum absolute atomic E-state index is 14.1. The Morgan fingerprint density at radius 2 is 1.36 bits per heavy atom. The van der Waals surface area contributed by atoms with Gasteiger partial charge in [0.25, 0.3) is 0 Å². The molecule has 2 saturated carbocycles. The lowest BCUT2D eigenvalue weighted by Gasteiger charge is -2.38. The molecule has 0 aromatic heterocycles. The number of ether oxygens (including phenoxy) is 1. The molecule has 0 aliphatic heterocycles. The first-order valence-electron chi connectivity index (χ1n) is 6.75. The van der Waals surface area contributed by atoms with E-state index < -0.39 is 49.4 Å². The van der Waals surface area contributed by atoms with Crippen LogP contribution in [0.1, 0.15) is 19.3 Å². The summed E-state index contributed by atoms with van der Waals surface area (Å²) in [6.45, 7) is 0. The first kappa shape index (κ1) is 21.3. The number of alkyl halides is 9. The van der Waals surface area contributed by atoms with Crippen LogP contribution < -0.4 is 0 Å². The molecule has 0 spiro atoms. The van der Waals surface area contributed by atoms with E-state index in [9.17, 15) is 47.4 Å². The molecule has 2 aliphatic rings. The fourth-order valence-corrected chi connectivity index (χ4v) is 5.36. The van der Waals surface area contributed by atoms with Gasteiger partial charge in [-0.05, 0) is 31.1 Å². The SMILES string of the molecule is O=S(=O)(F)C(F)(F)C(F)(F)OC(F)(F)C(F)(F)C1C2CCC(C2)C1I. The number of fused-ring (bicyclic) bond motifs is 2. The minimum atomic E-state index is -7.40. The van der Waals surface area contributed by atoms with E-state index in [1.165, 1.54) is 22.6 Å². The normalized spacial score (nSPS) is 31.6. The molecule has 0 radical (unpaired) electrons. The highest BCUT2D eigenvalue weighted by Gasteiger charge is 2.77. The third kappa shape index (κ3) is 3.23. The predicted octanol–water partition coefficient (Wildman–Crippen LogP) is 4.57. The summed E-state index contributed by atoms with van der Waals surface area (Å²) in [5.41, 5.74) is 0. The Labute approximate surface area is 149 Å². The molecule has 3 nitrogen and oxygen atoms in total. The smallest absolute Gasteiger partial charge is 0.244 e. The maximum atomic E-state index is 14.1. The van der Waals surface area contributed by atoms with Gasteiger partial charge < -0.3 is 0 Å². The minimum Gasteiger partial charge on any atom is -0.244 e. The molecule has 2 rings (SSSR count). The van der Waals surface area contributed by atoms with Crippen molar-refractivity contribution in [1.29, 1.82) is 0 Å². The van der Waals surface area contributed by atoms with Crippen molar-refractivity contribution >= 4 is 32.8 Å². The lowest BCUT2D eigenvalue weighted by Crippen LogP contribution is -2.58. The number of rotatable bonds is 6. The van der Waals surface area contributed by atoms with Crippen molar-refractivity contribution in [3.8, 4) is 0 Å². The van der Waals surface area contributed by atoms with Crippen molar-refractivity contribution in [2.75, 3.05) is 0 Å². The quantitative estimate of drug-likeness (QED) is 0.223. The summed E-state index contributed by atoms with van der Waals surface area (Å²) < 4.78 is 141. The first-order chi connectivity index (χ1) is 11.0. The molecule has 0 aromatic rings. The van der Waals surface area contributed by atoms with Gasteiger partial charge in [0.15, 0.2) is 0 Å². The molecular weight excluding hydrogens is 510 g/mol. The van der Waals surface area contributed by atoms with Crippen LogP contribution in [0.3, 0.4) is 0 Å². The van der Waals surface area contributed by atoms with Gasteiger partial charge in [0.05, 0.1) is 0 Å². The molecule has 0 saturated heterocycles. The topological polar surface area (TPSA) is 43.4 Å². The zero-order chi connectivity index (χ0) is 19.6. The van der Waals surface area contributed by atoms with E-state index >= 15 is 0 Å². The number of hydrogen-bond donors (Lipinski definition) is 0. The van der Waals surface area contributed by atoms with Gasteiger partial charge in [-0.2, -0.15) is 43.5 Å². The summed E-state index contributed by atoms with van der Waals surface area (Å²) in [7, 11) is -7.40. The van der Waals surface area contributed by atoms with E-state index in [2.05, 4.69) is 4.74 Å². The molecule has 0 N–H and O–H groups in total. The number of hydrogen-bond acceptors (Lipinski definition) is 3. The van der Waals surface area contributed by atoms with Gasteiger partial charge in [-0.15, -0.1) is 0 Å². The van der Waals surface area contributed by atoms with Crippen molar-refractivity contribution < 1.29 is 52.2 Å². The molecule has 2 fully saturated rings. The minimum absolute atomic E-state index is 0.131. The Morgan fingerprint density at radius 3 is 1.76 bits per heavy atom. The molecule has 2 bridgehead atoms. The fraction of sp³-hybridized carbons (Fsp3) is 1.00. The summed E-state index contributed by atoms with van der Waals surface area (Å²) in [6, 6.07) is 0. The van der Waals surface area contributed by atoms with Gasteiger partial charge in [0.1, 0.15) is 0 Å². The Hall–Kier alpha value is 0.01000. The van der Waals surface area contributed by atoms with Crippen LogP contribution in [0.4, 0.5) is 39.0 Å². The zero-order valence-electron chi connectivity index (χ0n) is 11.8. The van der Waals surface area contributed by atoms with Crippen LogP contribution in [0.25, 0.3) is 0 Å². The summed E-state index contributed by atoms with van der Waals surface area (Å²) >= 11 is 1.46. The molecule has 0 aromatic carbocycles. The van der Waals surface area contributed by atoms with Gasteiger partial charge in [0.2, 0.25) is 0 Å². The van der Waals surface area contributed by atoms with E-state index in [4.69, 9.17) is 0 Å². The Morgan fingerprint density at radius 1 is 0.880 bits per heavy atom. The largest absolute Gasteiger partial charge is 0.464 e. The van der Waals surface area contributed by atoms with Crippen LogP contribution in [0, 0.1) is 17.8 Å². The second kappa shape index (κ2) is 6.01. The van der Waals surface area contributed by atoms with Crippen LogP contribution >= 0.6 is 22.6 Å². The molecule has 2 aliphatic carbocycles. The lowest BCUT2D eigenvalue weighted by molar-refractivity contribution is -0.463. The highest BCUT2D eigenvalue weighted by molar-refractivity contribution is 14.1. The van der Waals surface area contributed by atoms with Crippen LogP contribution in [0.5, 0.6) is 0 Å². The highest BCUT2D eigenvalue weighted by Crippen LogP contribution is 2.61. The summed E-state index contributed by atoms with van der Waals surface area (Å²) in [5, 5.41) is -6.77. The first-order valence-corrected chi connectivity index (χ1v) is 9.38. The van der Waals surface area contributed by atoms with E-state index in [0.29, 0.717) is 6.42 Å². The molecule has 4 atom stereocenters. The average molecular weight is 520 g/mol. The highest BCUT2D eigenvalue weighted by atomic mass is 127. The van der Waals surface area contributed by atoms with Crippen LogP contribution in [0.2, 0.25) is 0 Å². The monoisotopic (exact) mass is 520 g/mol. The second-order valence-corrected chi connectivity index (χ2v) is 8.84. The van der Waals surface area contributed by atoms with Crippen LogP contribution in [-0.2, 0) is 15.0 Å². The maximum Gasteiger partial charge on any atom is 0.464 e. The molecule has 14 heteroatoms. The summed E-state index contributed by atoms with van der Waals surface area (Å²) in [5.74, 6) is -8.73. The fourth-order valence-electron chi connectivity index (χ4n) is 3.34. The van der Waals surface area contributed by atoms with E-state index in [1.54, 1.807) is 0 Å². The van der Waals surface area contributed by atoms with Gasteiger partial charge in [-0.25, -0.2) is 4.74 Å². The van der Waals surface area contributed by atoms with E-state index in [1.807, 2.05) is 0 Å². The predicted molar refractivity (Wildman–Crippen MR) is 73.0 cm³/mol. The molecule has 0 heterocycles. The summed E-state index contributed by atoms with van der Waals surface area (Å²) in [6.07, 6.45) is -12.1. The van der Waals surface area contributed by atoms with Gasteiger partial charge in [-0.1, -0.05) is 26.5 Å². The summed E-state index contributed by atoms with van der Waals surface area (Å²) in [4.78, 5) is 0. The van der Waals surface area contributed by atoms with E-state index in [0.717, 1.165) is 0 Å². The Balaban J connectivity index is 2.31. The average Bonchev–Trinajstić information content (AvgIpc) is 2.95. The molecule has 148 valence electrons. The van der Waals surface area contributed by atoms with Crippen molar-refractivity contribution in [1.82, 2.24) is 0 Å². The van der Waals surface area contributed by atoms with Crippen molar-refractivity contribution in [3.05, 3.63) is 0 Å². The van der Waals surface area contributed by atoms with Crippen LogP contribution in [-0.4, -0.2) is 35.7 Å². The number of halogens is 10. The zero-order valence-corrected chi connectivity index (χ0v) is 14.8. The van der Waals surface area contributed by atoms with Crippen molar-refractivity contribution in [2.24, 2.45) is 17.8 Å². The molecule has 25 heavy (non-hydrogen) atoms.